The van der Waals surface area contributed by atoms with Gasteiger partial charge in [-0.15, -0.1) is 0 Å². The van der Waals surface area contributed by atoms with Crippen LogP contribution in [0, 0.1) is 6.42 Å². The van der Waals surface area contributed by atoms with Crippen LogP contribution in [0.15, 0.2) is 0 Å². The van der Waals surface area contributed by atoms with Crippen LogP contribution in [0.4, 0.5) is 0 Å². The van der Waals surface area contributed by atoms with Gasteiger partial charge in [-0.25, -0.2) is 0 Å². The van der Waals surface area contributed by atoms with E-state index in [0.717, 1.165) is 12.1 Å². The van der Waals surface area contributed by atoms with Crippen LogP contribution in [0.25, 0.3) is 0 Å². The van der Waals surface area contributed by atoms with Gasteiger partial charge in [-0.2, -0.15) is 0 Å². The third-order valence-corrected chi connectivity index (χ3v) is 3.10. The molecule has 0 amide bonds. The molecule has 0 aliphatic carbocycles. The second-order valence-electron chi connectivity index (χ2n) is 3.66. The van der Waals surface area contributed by atoms with Crippen LogP contribution in [-0.2, 0) is 0 Å². The molecule has 2 heterocycles. The smallest absolute Gasteiger partial charge is 0.00979 e. The molecule has 1 radical (unpaired) electrons. The van der Waals surface area contributed by atoms with E-state index in [0.29, 0.717) is 0 Å². The molecule has 10 heavy (non-hydrogen) atoms. The van der Waals surface area contributed by atoms with E-state index in [1.54, 1.807) is 0 Å². The van der Waals surface area contributed by atoms with Crippen LogP contribution in [0.1, 0.15) is 32.1 Å². The highest BCUT2D eigenvalue weighted by molar-refractivity contribution is 4.93. The Labute approximate surface area is 63.4 Å². The first-order valence-corrected chi connectivity index (χ1v) is 4.41. The van der Waals surface area contributed by atoms with E-state index in [2.05, 4.69) is 18.4 Å². The molecular formula is C9H16N. The van der Waals surface area contributed by atoms with Gasteiger partial charge in [0.1, 0.15) is 0 Å². The molecule has 0 aromatic carbocycles. The molecule has 2 saturated heterocycles. The molecule has 0 aromatic rings. The summed E-state index contributed by atoms with van der Waals surface area (Å²) < 4.78 is 0. The van der Waals surface area contributed by atoms with E-state index in [-0.39, 0.29) is 0 Å². The molecular weight excluding hydrogens is 122 g/mol. The van der Waals surface area contributed by atoms with Gasteiger partial charge in [0, 0.05) is 12.1 Å². The molecule has 2 fully saturated rings. The molecule has 0 saturated carbocycles. The standard InChI is InChI=1S/C9H16N/c1-10-8-4-2-5-9(10)7-3-6-8/h2,8-9H,3-7H2,1H3/t8-,9+. The maximum Gasteiger partial charge on any atom is 0.00979 e. The molecule has 0 spiro atoms. The monoisotopic (exact) mass is 138 g/mol. The van der Waals surface area contributed by atoms with E-state index in [1.807, 2.05) is 0 Å². The minimum absolute atomic E-state index is 0.896. The van der Waals surface area contributed by atoms with Crippen molar-refractivity contribution in [2.75, 3.05) is 7.05 Å². The second-order valence-corrected chi connectivity index (χ2v) is 3.66. The van der Waals surface area contributed by atoms with Crippen molar-refractivity contribution in [2.45, 2.75) is 44.2 Å². The molecule has 2 rings (SSSR count). The molecule has 0 aromatic heterocycles. The summed E-state index contributed by atoms with van der Waals surface area (Å²) in [6, 6.07) is 1.79. The summed E-state index contributed by atoms with van der Waals surface area (Å²) in [5, 5.41) is 0. The van der Waals surface area contributed by atoms with Gasteiger partial charge in [-0.3, -0.25) is 0 Å². The Morgan fingerprint density at radius 2 is 1.80 bits per heavy atom. The Balaban J connectivity index is 2.05. The fourth-order valence-electron chi connectivity index (χ4n) is 2.34. The fourth-order valence-corrected chi connectivity index (χ4v) is 2.34. The fraction of sp³-hybridized carbons (Fsp3) is 0.889. The van der Waals surface area contributed by atoms with Crippen LogP contribution >= 0.6 is 0 Å². The highest BCUT2D eigenvalue weighted by Crippen LogP contribution is 2.31. The first kappa shape index (κ1) is 6.66. The number of piperidine rings is 2. The summed E-state index contributed by atoms with van der Waals surface area (Å²) in [7, 11) is 2.29. The van der Waals surface area contributed by atoms with Gasteiger partial charge in [0.25, 0.3) is 0 Å². The second kappa shape index (κ2) is 2.54. The lowest BCUT2D eigenvalue weighted by atomic mass is 9.85. The molecule has 1 nitrogen and oxygen atoms in total. The number of hydrogen-bond acceptors (Lipinski definition) is 1. The van der Waals surface area contributed by atoms with Gasteiger partial charge < -0.3 is 4.90 Å². The largest absolute Gasteiger partial charge is 0.300 e. The quantitative estimate of drug-likeness (QED) is 0.493. The number of rotatable bonds is 0. The van der Waals surface area contributed by atoms with Crippen LogP contribution in [-0.4, -0.2) is 24.0 Å². The van der Waals surface area contributed by atoms with Crippen LogP contribution in [0.5, 0.6) is 0 Å². The highest BCUT2D eigenvalue weighted by Gasteiger charge is 2.30. The normalized spacial score (nSPS) is 41.7. The summed E-state index contributed by atoms with van der Waals surface area (Å²) in [5.74, 6) is 0. The average Bonchev–Trinajstić information content (AvgIpc) is 1.86. The number of fused-ring (bicyclic) bond motifs is 2. The molecule has 2 aliphatic heterocycles. The lowest BCUT2D eigenvalue weighted by molar-refractivity contribution is 0.0886. The van der Waals surface area contributed by atoms with E-state index >= 15 is 0 Å². The number of nitrogens with zero attached hydrogens (tertiary/aromatic N) is 1. The molecule has 1 heteroatoms. The lowest BCUT2D eigenvalue weighted by Gasteiger charge is -2.43. The molecule has 0 unspecified atom stereocenters. The highest BCUT2D eigenvalue weighted by atomic mass is 15.2. The van der Waals surface area contributed by atoms with Crippen molar-refractivity contribution in [1.29, 1.82) is 0 Å². The molecule has 2 atom stereocenters. The van der Waals surface area contributed by atoms with Gasteiger partial charge in [0.2, 0.25) is 0 Å². The van der Waals surface area contributed by atoms with Crippen molar-refractivity contribution in [1.82, 2.24) is 4.90 Å². The van der Waals surface area contributed by atoms with Crippen molar-refractivity contribution in [3.8, 4) is 0 Å². The zero-order chi connectivity index (χ0) is 6.97. The van der Waals surface area contributed by atoms with E-state index in [1.165, 1.54) is 32.1 Å². The van der Waals surface area contributed by atoms with E-state index in [4.69, 9.17) is 0 Å². The maximum atomic E-state index is 2.59. The summed E-state index contributed by atoms with van der Waals surface area (Å²) in [6.45, 7) is 0. The van der Waals surface area contributed by atoms with Gasteiger partial charge in [-0.1, -0.05) is 6.42 Å². The van der Waals surface area contributed by atoms with Crippen molar-refractivity contribution >= 4 is 0 Å². The van der Waals surface area contributed by atoms with Gasteiger partial charge in [0.15, 0.2) is 0 Å². The van der Waals surface area contributed by atoms with Crippen molar-refractivity contribution in [3.63, 3.8) is 0 Å². The van der Waals surface area contributed by atoms with Crippen molar-refractivity contribution < 1.29 is 0 Å². The van der Waals surface area contributed by atoms with Crippen molar-refractivity contribution in [3.05, 3.63) is 6.42 Å². The molecule has 2 aliphatic rings. The van der Waals surface area contributed by atoms with Crippen molar-refractivity contribution in [2.24, 2.45) is 0 Å². The first-order valence-electron chi connectivity index (χ1n) is 4.41. The van der Waals surface area contributed by atoms with Gasteiger partial charge in [-0.05, 0) is 39.2 Å². The third-order valence-electron chi connectivity index (χ3n) is 3.10. The van der Waals surface area contributed by atoms with Crippen LogP contribution in [0.3, 0.4) is 0 Å². The Hall–Kier alpha value is -0.0400. The van der Waals surface area contributed by atoms with Crippen LogP contribution < -0.4 is 0 Å². The maximum absolute atomic E-state index is 2.59. The van der Waals surface area contributed by atoms with Gasteiger partial charge in [0.05, 0.1) is 0 Å². The topological polar surface area (TPSA) is 3.24 Å². The van der Waals surface area contributed by atoms with E-state index < -0.39 is 0 Å². The van der Waals surface area contributed by atoms with Crippen LogP contribution in [0.2, 0.25) is 0 Å². The third kappa shape index (κ3) is 0.968. The number of hydrogen-bond donors (Lipinski definition) is 0. The lowest BCUT2D eigenvalue weighted by Crippen LogP contribution is -2.47. The Bertz CT molecular complexity index is 99.9. The summed E-state index contributed by atoms with van der Waals surface area (Å²) in [4.78, 5) is 2.59. The Morgan fingerprint density at radius 3 is 2.30 bits per heavy atom. The zero-order valence-electron chi connectivity index (χ0n) is 6.71. The average molecular weight is 138 g/mol. The summed E-state index contributed by atoms with van der Waals surface area (Å²) in [6.07, 6.45) is 9.50. The summed E-state index contributed by atoms with van der Waals surface area (Å²) in [5.41, 5.74) is 0. The zero-order valence-corrected chi connectivity index (χ0v) is 6.71. The predicted molar refractivity (Wildman–Crippen MR) is 42.7 cm³/mol. The molecule has 57 valence electrons. The predicted octanol–water partition coefficient (Wildman–Crippen LogP) is 1.84. The Kier molecular flexibility index (Phi) is 1.69. The summed E-state index contributed by atoms with van der Waals surface area (Å²) >= 11 is 0. The molecule has 0 N–H and O–H groups in total. The van der Waals surface area contributed by atoms with Gasteiger partial charge >= 0.3 is 0 Å². The Morgan fingerprint density at radius 1 is 1.20 bits per heavy atom. The first-order chi connectivity index (χ1) is 4.88. The SMILES string of the molecule is CN1[C@@H]2C[CH]C[C@H]1CCC2. The molecule has 2 bridgehead atoms. The van der Waals surface area contributed by atoms with E-state index in [9.17, 15) is 0 Å². The minimum atomic E-state index is 0.896. The minimum Gasteiger partial charge on any atom is -0.300 e.